The smallest absolute Gasteiger partial charge is 0.335 e. The summed E-state index contributed by atoms with van der Waals surface area (Å²) in [4.78, 5) is 27.6. The number of hydrogen-bond donors (Lipinski definition) is 1. The summed E-state index contributed by atoms with van der Waals surface area (Å²) in [5.41, 5.74) is 7.99. The van der Waals surface area contributed by atoms with Crippen molar-refractivity contribution < 1.29 is 28.9 Å². The fourth-order valence-electron chi connectivity index (χ4n) is 5.94. The van der Waals surface area contributed by atoms with Gasteiger partial charge in [0.1, 0.15) is 23.4 Å². The molecule has 0 fully saturated rings. The Morgan fingerprint density at radius 3 is 1.09 bits per heavy atom. The molecule has 0 spiro atoms. The summed E-state index contributed by atoms with van der Waals surface area (Å²) in [6.07, 6.45) is 5.18. The van der Waals surface area contributed by atoms with Crippen LogP contribution < -0.4 is 24.0 Å². The Balaban J connectivity index is 1.24. The van der Waals surface area contributed by atoms with Crippen LogP contribution in [0, 0.1) is 0 Å². The maximum atomic E-state index is 11.7. The van der Waals surface area contributed by atoms with Crippen LogP contribution in [0.2, 0.25) is 0 Å². The normalized spacial score (nSPS) is 11.0. The second-order valence-electron chi connectivity index (χ2n) is 12.4. The van der Waals surface area contributed by atoms with Gasteiger partial charge in [-0.15, -0.1) is 0 Å². The predicted molar refractivity (Wildman–Crippen MR) is 225 cm³/mol. The van der Waals surface area contributed by atoms with Gasteiger partial charge in [0.05, 0.1) is 6.61 Å². The Kier molecular flexibility index (Phi) is 12.4. The lowest BCUT2D eigenvalue weighted by atomic mass is 10.1. The lowest BCUT2D eigenvalue weighted by Crippen LogP contribution is -2.14. The summed E-state index contributed by atoms with van der Waals surface area (Å²) in [5, 5.41) is 10.5. The molecule has 0 bridgehead atoms. The van der Waals surface area contributed by atoms with Gasteiger partial charge in [-0.1, -0.05) is 74.9 Å². The molecule has 1 unspecified atom stereocenters. The highest BCUT2D eigenvalue weighted by Gasteiger charge is 2.18. The first-order chi connectivity index (χ1) is 27.3. The molecule has 0 aromatic heterocycles. The van der Waals surface area contributed by atoms with Crippen molar-refractivity contribution in [3.8, 4) is 17.2 Å². The Labute approximate surface area is 326 Å². The van der Waals surface area contributed by atoms with Gasteiger partial charge in [0.15, 0.2) is 0 Å². The number of carbonyl (C=O) groups is 2. The minimum atomic E-state index is -0.637. The number of aliphatic hydroxyl groups is 1. The molecule has 1 N–H and O–H groups in total. The number of carbonyl (C=O) groups excluding carboxylic acids is 2. The quantitative estimate of drug-likeness (QED) is 0.0596. The zero-order valence-corrected chi connectivity index (χ0v) is 30.7. The molecule has 0 aliphatic carbocycles. The van der Waals surface area contributed by atoms with E-state index in [2.05, 4.69) is 36.1 Å². The highest BCUT2D eigenvalue weighted by molar-refractivity contribution is 5.84. The number of nitrogens with zero attached hydrogens (tertiary/aromatic N) is 2. The summed E-state index contributed by atoms with van der Waals surface area (Å²) < 4.78 is 16.9. The molecule has 6 aromatic rings. The summed E-state index contributed by atoms with van der Waals surface area (Å²) in [6, 6.07) is 45.8. The predicted octanol–water partition coefficient (Wildman–Crippen LogP) is 11.2. The largest absolute Gasteiger partial charge is 0.483 e. The molecule has 278 valence electrons. The number of aliphatic hydroxyl groups excluding tert-OH is 1. The van der Waals surface area contributed by atoms with E-state index in [9.17, 15) is 14.7 Å². The van der Waals surface area contributed by atoms with Crippen LogP contribution >= 0.6 is 0 Å². The van der Waals surface area contributed by atoms with Gasteiger partial charge in [-0.2, -0.15) is 0 Å². The summed E-state index contributed by atoms with van der Waals surface area (Å²) in [6.45, 7) is 14.4. The molecule has 0 saturated heterocycles. The van der Waals surface area contributed by atoms with Crippen LogP contribution in [0.4, 0.5) is 34.1 Å². The molecule has 0 amide bonds. The van der Waals surface area contributed by atoms with Crippen LogP contribution in [0.15, 0.2) is 184 Å². The number of anilines is 6. The van der Waals surface area contributed by atoms with Gasteiger partial charge in [0.25, 0.3) is 0 Å². The summed E-state index contributed by atoms with van der Waals surface area (Å²) in [5.74, 6) is 0.327. The van der Waals surface area contributed by atoms with E-state index >= 15 is 0 Å². The molecule has 56 heavy (non-hydrogen) atoms. The average Bonchev–Trinajstić information content (AvgIpc) is 3.25. The standard InChI is InChI=1S/C48H40N2O6/c1-5-34-9-15-37(16-10-34)49(41-23-29-44(30-24-41)55-47(52)7-3)39-19-13-36(14-20-39)46(33-51)54-43-27-21-40(22-28-43)50(38-17-11-35(6-2)12-18-38)42-25-31-45(32-26-42)56-48(53)8-4/h5-32,46,51H,1-4,33H2. The van der Waals surface area contributed by atoms with Gasteiger partial charge in [-0.05, 0) is 126 Å². The zero-order valence-electron chi connectivity index (χ0n) is 30.7. The molecular weight excluding hydrogens is 701 g/mol. The molecule has 0 heterocycles. The highest BCUT2D eigenvalue weighted by Crippen LogP contribution is 2.38. The maximum Gasteiger partial charge on any atom is 0.335 e. The van der Waals surface area contributed by atoms with E-state index < -0.39 is 18.0 Å². The molecule has 6 aromatic carbocycles. The van der Waals surface area contributed by atoms with Crippen LogP contribution in [-0.2, 0) is 9.59 Å². The SMILES string of the molecule is C=CC(=O)Oc1ccc(N(c2ccc(C=C)cc2)c2ccc(OC(CO)c3ccc(N(c4ccc(C=C)cc4)c4ccc(OC(=O)C=C)cc4)cc3)cc2)cc1. The molecular formula is C48H40N2O6. The van der Waals surface area contributed by atoms with Crippen molar-refractivity contribution in [2.45, 2.75) is 6.10 Å². The van der Waals surface area contributed by atoms with Crippen LogP contribution in [-0.4, -0.2) is 23.7 Å². The topological polar surface area (TPSA) is 88.5 Å². The first kappa shape index (κ1) is 38.3. The van der Waals surface area contributed by atoms with Gasteiger partial charge in [-0.3, -0.25) is 0 Å². The molecule has 8 nitrogen and oxygen atoms in total. The third kappa shape index (κ3) is 9.20. The number of ether oxygens (including phenoxy) is 3. The molecule has 0 radical (unpaired) electrons. The van der Waals surface area contributed by atoms with Crippen LogP contribution in [0.5, 0.6) is 17.2 Å². The third-order valence-electron chi connectivity index (χ3n) is 8.80. The summed E-state index contributed by atoms with van der Waals surface area (Å²) >= 11 is 0. The molecule has 0 saturated carbocycles. The van der Waals surface area contributed by atoms with Crippen LogP contribution in [0.25, 0.3) is 12.2 Å². The van der Waals surface area contributed by atoms with E-state index in [1.807, 2.05) is 121 Å². The lowest BCUT2D eigenvalue weighted by Gasteiger charge is -2.27. The third-order valence-corrected chi connectivity index (χ3v) is 8.80. The van der Waals surface area contributed by atoms with Crippen molar-refractivity contribution in [1.82, 2.24) is 0 Å². The van der Waals surface area contributed by atoms with Gasteiger partial charge in [-0.25, -0.2) is 9.59 Å². The maximum absolute atomic E-state index is 11.7. The second-order valence-corrected chi connectivity index (χ2v) is 12.4. The first-order valence-electron chi connectivity index (χ1n) is 17.7. The van der Waals surface area contributed by atoms with Gasteiger partial charge in [0.2, 0.25) is 0 Å². The van der Waals surface area contributed by atoms with E-state index in [0.717, 1.165) is 63.0 Å². The van der Waals surface area contributed by atoms with E-state index in [1.54, 1.807) is 36.4 Å². The van der Waals surface area contributed by atoms with Crippen molar-refractivity contribution in [2.75, 3.05) is 16.4 Å². The van der Waals surface area contributed by atoms with Crippen molar-refractivity contribution in [3.05, 3.63) is 201 Å². The second kappa shape index (κ2) is 18.1. The van der Waals surface area contributed by atoms with Gasteiger partial charge in [0, 0.05) is 46.3 Å². The number of benzene rings is 6. The molecule has 0 aliphatic heterocycles. The first-order valence-corrected chi connectivity index (χ1v) is 17.7. The zero-order chi connectivity index (χ0) is 39.4. The van der Waals surface area contributed by atoms with E-state index in [4.69, 9.17) is 14.2 Å². The van der Waals surface area contributed by atoms with Crippen LogP contribution in [0.3, 0.4) is 0 Å². The summed E-state index contributed by atoms with van der Waals surface area (Å²) in [7, 11) is 0. The Morgan fingerprint density at radius 1 is 0.482 bits per heavy atom. The number of esters is 2. The monoisotopic (exact) mass is 740 g/mol. The van der Waals surface area contributed by atoms with E-state index in [-0.39, 0.29) is 6.61 Å². The van der Waals surface area contributed by atoms with E-state index in [1.165, 1.54) is 0 Å². The lowest BCUT2D eigenvalue weighted by molar-refractivity contribution is -0.129. The minimum Gasteiger partial charge on any atom is -0.483 e. The number of rotatable bonds is 16. The molecule has 8 heteroatoms. The van der Waals surface area contributed by atoms with Crippen LogP contribution in [0.1, 0.15) is 22.8 Å². The van der Waals surface area contributed by atoms with E-state index in [0.29, 0.717) is 17.2 Å². The molecule has 1 atom stereocenters. The van der Waals surface area contributed by atoms with Crippen molar-refractivity contribution >= 4 is 58.2 Å². The fraction of sp³-hybridized carbons (Fsp3) is 0.0417. The van der Waals surface area contributed by atoms with Crippen molar-refractivity contribution in [1.29, 1.82) is 0 Å². The van der Waals surface area contributed by atoms with Gasteiger partial charge < -0.3 is 29.1 Å². The van der Waals surface area contributed by atoms with Gasteiger partial charge >= 0.3 is 11.9 Å². The Morgan fingerprint density at radius 2 is 0.786 bits per heavy atom. The highest BCUT2D eigenvalue weighted by atomic mass is 16.5. The Bertz CT molecular complexity index is 2300. The van der Waals surface area contributed by atoms with Crippen molar-refractivity contribution in [2.24, 2.45) is 0 Å². The average molecular weight is 741 g/mol. The Hall–Kier alpha value is -7.42. The minimum absolute atomic E-state index is 0.247. The van der Waals surface area contributed by atoms with Crippen molar-refractivity contribution in [3.63, 3.8) is 0 Å². The molecule has 0 aliphatic rings. The number of hydrogen-bond acceptors (Lipinski definition) is 8. The fourth-order valence-corrected chi connectivity index (χ4v) is 5.94. The molecule has 6 rings (SSSR count).